The zero-order valence-electron chi connectivity index (χ0n) is 21.6. The van der Waals surface area contributed by atoms with Crippen molar-refractivity contribution in [3.05, 3.63) is 114 Å². The van der Waals surface area contributed by atoms with Crippen molar-refractivity contribution in [2.24, 2.45) is 0 Å². The number of ether oxygens (including phenoxy) is 1. The average Bonchev–Trinajstić information content (AvgIpc) is 3.78. The van der Waals surface area contributed by atoms with Crippen molar-refractivity contribution in [1.82, 2.24) is 15.0 Å². The summed E-state index contributed by atoms with van der Waals surface area (Å²) in [6, 6.07) is 30.1. The molecule has 0 saturated heterocycles. The predicted octanol–water partition coefficient (Wildman–Crippen LogP) is 7.33. The number of H-pyrrole nitrogens is 1. The van der Waals surface area contributed by atoms with E-state index in [2.05, 4.69) is 34.2 Å². The molecule has 0 saturated carbocycles. The van der Waals surface area contributed by atoms with Gasteiger partial charge in [0.15, 0.2) is 0 Å². The number of benzene rings is 2. The molecule has 0 fully saturated rings. The Kier molecular flexibility index (Phi) is 6.04. The summed E-state index contributed by atoms with van der Waals surface area (Å²) in [5.41, 5.74) is 8.16. The minimum atomic E-state index is -1.13. The van der Waals surface area contributed by atoms with Crippen LogP contribution < -0.4 is 4.74 Å². The second kappa shape index (κ2) is 9.88. The molecule has 2 unspecified atom stereocenters. The van der Waals surface area contributed by atoms with Crippen LogP contribution >= 0.6 is 11.3 Å². The number of hydrogen-bond acceptors (Lipinski definition) is 6. The highest BCUT2D eigenvalue weighted by molar-refractivity contribution is 7.24. The maximum atomic E-state index is 10.8. The molecule has 0 spiro atoms. The van der Waals surface area contributed by atoms with E-state index in [1.807, 2.05) is 66.7 Å². The fourth-order valence-electron chi connectivity index (χ4n) is 5.21. The Morgan fingerprint density at radius 3 is 2.17 bits per heavy atom. The van der Waals surface area contributed by atoms with Gasteiger partial charge in [-0.2, -0.15) is 0 Å². The molecule has 6 nitrogen and oxygen atoms in total. The number of aliphatic hydroxyl groups is 2. The number of nitrogens with one attached hydrogen (secondary N) is 1. The summed E-state index contributed by atoms with van der Waals surface area (Å²) in [4.78, 5) is 13.0. The zero-order valence-corrected chi connectivity index (χ0v) is 22.4. The lowest BCUT2D eigenvalue weighted by Gasteiger charge is -2.06. The van der Waals surface area contributed by atoms with E-state index in [-0.39, 0.29) is 0 Å². The minimum absolute atomic E-state index is 0.378. The van der Waals surface area contributed by atoms with Gasteiger partial charge in [0.25, 0.3) is 0 Å². The summed E-state index contributed by atoms with van der Waals surface area (Å²) in [6.45, 7) is 0. The number of hydrogen-bond donors (Lipinski definition) is 3. The van der Waals surface area contributed by atoms with Crippen molar-refractivity contribution >= 4 is 43.9 Å². The highest BCUT2D eigenvalue weighted by Crippen LogP contribution is 2.39. The normalized spacial score (nSPS) is 16.3. The molecule has 196 valence electrons. The van der Waals surface area contributed by atoms with Crippen LogP contribution in [0.1, 0.15) is 35.0 Å². The van der Waals surface area contributed by atoms with Crippen LogP contribution in [0.2, 0.25) is 0 Å². The smallest absolute Gasteiger partial charge is 0.127 e. The Labute approximate surface area is 234 Å². The van der Waals surface area contributed by atoms with Crippen LogP contribution in [0, 0.1) is 0 Å². The van der Waals surface area contributed by atoms with Crippen LogP contribution in [-0.2, 0) is 0 Å². The summed E-state index contributed by atoms with van der Waals surface area (Å²) in [7, 11) is 1.66. The highest BCUT2D eigenvalue weighted by Gasteiger charge is 2.28. The number of methoxy groups -OCH3 is 1. The van der Waals surface area contributed by atoms with Gasteiger partial charge in [-0.1, -0.05) is 42.5 Å². The molecule has 2 aromatic carbocycles. The maximum Gasteiger partial charge on any atom is 0.127 e. The largest absolute Gasteiger partial charge is 0.497 e. The summed E-state index contributed by atoms with van der Waals surface area (Å²) in [5.74, 6) is 0.784. The molecule has 40 heavy (non-hydrogen) atoms. The van der Waals surface area contributed by atoms with Gasteiger partial charge in [-0.05, 0) is 71.8 Å². The van der Waals surface area contributed by atoms with Gasteiger partial charge in [0, 0.05) is 31.6 Å². The van der Waals surface area contributed by atoms with E-state index < -0.39 is 12.2 Å². The van der Waals surface area contributed by atoms with E-state index in [1.165, 1.54) is 0 Å². The highest BCUT2D eigenvalue weighted by atomic mass is 32.1. The third kappa shape index (κ3) is 4.30. The number of aromatic nitrogens is 3. The van der Waals surface area contributed by atoms with Crippen LogP contribution in [0.25, 0.3) is 54.8 Å². The third-order valence-electron chi connectivity index (χ3n) is 7.20. The van der Waals surface area contributed by atoms with E-state index in [4.69, 9.17) is 9.72 Å². The number of aromatic amines is 1. The van der Waals surface area contributed by atoms with E-state index in [0.29, 0.717) is 17.1 Å². The molecule has 0 aliphatic carbocycles. The van der Waals surface area contributed by atoms with Gasteiger partial charge in [-0.25, -0.2) is 4.98 Å². The zero-order chi connectivity index (χ0) is 27.2. The van der Waals surface area contributed by atoms with Crippen molar-refractivity contribution in [3.63, 3.8) is 0 Å². The lowest BCUT2D eigenvalue weighted by Crippen LogP contribution is -2.02. The van der Waals surface area contributed by atoms with Crippen LogP contribution in [0.5, 0.6) is 5.75 Å². The monoisotopic (exact) mass is 543 g/mol. The maximum absolute atomic E-state index is 10.8. The first kappa shape index (κ1) is 24.5. The van der Waals surface area contributed by atoms with Crippen molar-refractivity contribution < 1.29 is 14.9 Å². The standard InChI is InChI=1S/C33H25N3O3S/c1-39-23-11-7-20(8-12-23)31-25-14-10-22(35-25)18-27-33(38)32(37)26(36-27)17-21-9-13-24(34-21)30(19-5-3-2-4-6-19)28-15-16-29(31)40-28/h2-18,32-34,37-38H,1H3. The van der Waals surface area contributed by atoms with Crippen LogP contribution in [0.15, 0.2) is 91.0 Å². The fourth-order valence-corrected chi connectivity index (χ4v) is 6.37. The average molecular weight is 544 g/mol. The molecule has 0 amide bonds. The van der Waals surface area contributed by atoms with Crippen LogP contribution in [0.4, 0.5) is 0 Å². The molecule has 5 heterocycles. The topological polar surface area (TPSA) is 91.3 Å². The van der Waals surface area contributed by atoms with E-state index in [1.54, 1.807) is 30.6 Å². The summed E-state index contributed by atoms with van der Waals surface area (Å²) < 4.78 is 7.58. The van der Waals surface area contributed by atoms with Gasteiger partial charge in [0.05, 0.1) is 29.9 Å². The summed E-state index contributed by atoms with van der Waals surface area (Å²) >= 11 is 1.71. The Balaban J connectivity index is 1.61. The lowest BCUT2D eigenvalue weighted by molar-refractivity contribution is 0.0253. The molecule has 3 aromatic heterocycles. The van der Waals surface area contributed by atoms with Gasteiger partial charge in [-0.3, -0.25) is 4.98 Å². The molecule has 8 bridgehead atoms. The van der Waals surface area contributed by atoms with Crippen molar-refractivity contribution in [1.29, 1.82) is 0 Å². The Morgan fingerprint density at radius 1 is 0.725 bits per heavy atom. The van der Waals surface area contributed by atoms with Gasteiger partial charge < -0.3 is 19.9 Å². The molecule has 2 atom stereocenters. The molecule has 3 N–H and O–H groups in total. The van der Waals surface area contributed by atoms with E-state index >= 15 is 0 Å². The summed E-state index contributed by atoms with van der Waals surface area (Å²) in [6.07, 6.45) is 1.64. The minimum Gasteiger partial charge on any atom is -0.497 e. The second-order valence-electron chi connectivity index (χ2n) is 9.73. The van der Waals surface area contributed by atoms with Crippen LogP contribution in [0.3, 0.4) is 0 Å². The molecular weight excluding hydrogens is 518 g/mol. The van der Waals surface area contributed by atoms with Crippen molar-refractivity contribution in [2.75, 3.05) is 7.11 Å². The van der Waals surface area contributed by atoms with Crippen molar-refractivity contribution in [3.8, 4) is 28.0 Å². The molecule has 0 radical (unpaired) electrons. The number of aliphatic hydroxyl groups excluding tert-OH is 2. The second-order valence-corrected chi connectivity index (χ2v) is 10.8. The SMILES string of the molecule is COc1ccc(-c2c3nc(cc4nc(cc5ccc([nH]5)c(-c5ccccc5)c5ccc2s5)C(O)C4O)C=C3)cc1. The summed E-state index contributed by atoms with van der Waals surface area (Å²) in [5, 5.41) is 21.5. The quantitative estimate of drug-likeness (QED) is 0.217. The van der Waals surface area contributed by atoms with Gasteiger partial charge >= 0.3 is 0 Å². The molecule has 2 aliphatic heterocycles. The number of nitrogens with zero attached hydrogens (tertiary/aromatic N) is 2. The molecule has 2 aliphatic rings. The fraction of sp³-hybridized carbons (Fsp3) is 0.0909. The van der Waals surface area contributed by atoms with Gasteiger partial charge in [0.2, 0.25) is 0 Å². The molecular formula is C33H25N3O3S. The van der Waals surface area contributed by atoms with E-state index in [9.17, 15) is 10.2 Å². The predicted molar refractivity (Wildman–Crippen MR) is 161 cm³/mol. The Hall–Kier alpha value is -4.56. The number of thiophene rings is 1. The first-order chi connectivity index (χ1) is 19.6. The van der Waals surface area contributed by atoms with Crippen LogP contribution in [-0.4, -0.2) is 32.3 Å². The van der Waals surface area contributed by atoms with Gasteiger partial charge in [0.1, 0.15) is 18.0 Å². The third-order valence-corrected chi connectivity index (χ3v) is 8.32. The number of fused-ring (bicyclic) bond motifs is 8. The Morgan fingerprint density at radius 2 is 1.43 bits per heavy atom. The lowest BCUT2D eigenvalue weighted by atomic mass is 10.0. The molecule has 7 rings (SSSR count). The first-order valence-electron chi connectivity index (χ1n) is 13.0. The van der Waals surface area contributed by atoms with E-state index in [0.717, 1.165) is 54.1 Å². The van der Waals surface area contributed by atoms with Crippen molar-refractivity contribution in [2.45, 2.75) is 12.2 Å². The van der Waals surface area contributed by atoms with Gasteiger partial charge in [-0.15, -0.1) is 11.3 Å². The molecule has 5 aromatic rings. The Bertz CT molecular complexity index is 1920. The first-order valence-corrected chi connectivity index (χ1v) is 13.8. The number of rotatable bonds is 3. The molecule has 7 heteroatoms.